The van der Waals surface area contributed by atoms with Crippen molar-refractivity contribution in [1.82, 2.24) is 4.98 Å². The van der Waals surface area contributed by atoms with E-state index in [0.717, 1.165) is 38.5 Å². The Morgan fingerprint density at radius 3 is 1.18 bits per heavy atom. The van der Waals surface area contributed by atoms with Crippen LogP contribution in [0.3, 0.4) is 0 Å². The molecule has 1 aromatic heterocycles. The minimum atomic E-state index is -1.26. The molecule has 190 valence electrons. The minimum Gasteiger partial charge on any atom is -0.487 e. The monoisotopic (exact) mass is 467 g/mol. The molecule has 0 aliphatic heterocycles. The SMILES string of the molecule is CCCCCCCCCCOc1c(C(=O)O)[nH]c(C(=O)O)c1OCCCCCCCCCC. The van der Waals surface area contributed by atoms with E-state index in [1.807, 2.05) is 0 Å². The molecule has 0 aliphatic carbocycles. The van der Waals surface area contributed by atoms with Crippen LogP contribution < -0.4 is 9.47 Å². The average Bonchev–Trinajstić information content (AvgIpc) is 3.16. The van der Waals surface area contributed by atoms with E-state index in [1.165, 1.54) is 64.2 Å². The van der Waals surface area contributed by atoms with Gasteiger partial charge < -0.3 is 24.7 Å². The molecule has 1 aromatic rings. The van der Waals surface area contributed by atoms with Crippen LogP contribution in [0.1, 0.15) is 138 Å². The number of hydrogen-bond donors (Lipinski definition) is 3. The number of rotatable bonds is 22. The summed E-state index contributed by atoms with van der Waals surface area (Å²) in [4.78, 5) is 25.7. The summed E-state index contributed by atoms with van der Waals surface area (Å²) < 4.78 is 11.5. The van der Waals surface area contributed by atoms with Crippen molar-refractivity contribution < 1.29 is 29.3 Å². The molecule has 0 radical (unpaired) electrons. The van der Waals surface area contributed by atoms with Gasteiger partial charge in [0.2, 0.25) is 0 Å². The van der Waals surface area contributed by atoms with Gasteiger partial charge in [-0.15, -0.1) is 0 Å². The molecule has 0 spiro atoms. The Bertz CT molecular complexity index is 615. The maximum Gasteiger partial charge on any atom is 0.356 e. The second-order valence-corrected chi connectivity index (χ2v) is 8.79. The smallest absolute Gasteiger partial charge is 0.356 e. The fraction of sp³-hybridized carbons (Fsp3) is 0.769. The Balaban J connectivity index is 2.52. The highest BCUT2D eigenvalue weighted by Gasteiger charge is 2.28. The predicted molar refractivity (Wildman–Crippen MR) is 131 cm³/mol. The van der Waals surface area contributed by atoms with Crippen LogP contribution in [0.4, 0.5) is 0 Å². The Hall–Kier alpha value is -2.18. The van der Waals surface area contributed by atoms with Crippen LogP contribution in [0.5, 0.6) is 11.5 Å². The first-order valence-corrected chi connectivity index (χ1v) is 13.0. The van der Waals surface area contributed by atoms with E-state index in [0.29, 0.717) is 13.2 Å². The second kappa shape index (κ2) is 18.3. The topological polar surface area (TPSA) is 109 Å². The first-order chi connectivity index (χ1) is 16.0. The van der Waals surface area contributed by atoms with Crippen molar-refractivity contribution in [3.05, 3.63) is 11.4 Å². The highest BCUT2D eigenvalue weighted by atomic mass is 16.5. The number of carbonyl (C=O) groups is 2. The summed E-state index contributed by atoms with van der Waals surface area (Å²) >= 11 is 0. The van der Waals surface area contributed by atoms with Gasteiger partial charge in [0.25, 0.3) is 0 Å². The molecule has 0 fully saturated rings. The summed E-state index contributed by atoms with van der Waals surface area (Å²) in [6.45, 7) is 5.07. The van der Waals surface area contributed by atoms with Gasteiger partial charge in [0, 0.05) is 0 Å². The number of aromatic carboxylic acids is 2. The number of aromatic nitrogens is 1. The van der Waals surface area contributed by atoms with E-state index >= 15 is 0 Å². The fourth-order valence-corrected chi connectivity index (χ4v) is 3.86. The zero-order valence-electron chi connectivity index (χ0n) is 20.8. The summed E-state index contributed by atoms with van der Waals surface area (Å²) in [6.07, 6.45) is 18.3. The van der Waals surface area contributed by atoms with Crippen LogP contribution >= 0.6 is 0 Å². The van der Waals surface area contributed by atoms with E-state index in [1.54, 1.807) is 0 Å². The summed E-state index contributed by atoms with van der Waals surface area (Å²) in [7, 11) is 0. The van der Waals surface area contributed by atoms with Gasteiger partial charge in [0.05, 0.1) is 13.2 Å². The molecular weight excluding hydrogens is 422 g/mol. The van der Waals surface area contributed by atoms with Crippen molar-refractivity contribution in [1.29, 1.82) is 0 Å². The Morgan fingerprint density at radius 2 is 0.879 bits per heavy atom. The molecule has 33 heavy (non-hydrogen) atoms. The molecule has 0 amide bonds. The van der Waals surface area contributed by atoms with Crippen LogP contribution in [-0.2, 0) is 0 Å². The zero-order valence-corrected chi connectivity index (χ0v) is 20.8. The lowest BCUT2D eigenvalue weighted by atomic mass is 10.1. The normalized spacial score (nSPS) is 11.0. The quantitative estimate of drug-likeness (QED) is 0.153. The van der Waals surface area contributed by atoms with Crippen molar-refractivity contribution in [2.45, 2.75) is 117 Å². The molecule has 0 saturated heterocycles. The van der Waals surface area contributed by atoms with Gasteiger partial charge in [-0.3, -0.25) is 0 Å². The highest BCUT2D eigenvalue weighted by molar-refractivity contribution is 5.97. The molecular formula is C26H45NO6. The molecule has 1 rings (SSSR count). The van der Waals surface area contributed by atoms with Gasteiger partial charge >= 0.3 is 11.9 Å². The second-order valence-electron chi connectivity index (χ2n) is 8.79. The van der Waals surface area contributed by atoms with Gasteiger partial charge in [0.15, 0.2) is 22.9 Å². The van der Waals surface area contributed by atoms with Crippen LogP contribution in [0.2, 0.25) is 0 Å². The summed E-state index contributed by atoms with van der Waals surface area (Å²) in [5.41, 5.74) is -0.532. The summed E-state index contributed by atoms with van der Waals surface area (Å²) in [5.74, 6) is -2.51. The van der Waals surface area contributed by atoms with Crippen LogP contribution in [0.15, 0.2) is 0 Å². The number of nitrogens with one attached hydrogen (secondary N) is 1. The predicted octanol–water partition coefficient (Wildman–Crippen LogP) is 7.45. The van der Waals surface area contributed by atoms with Crippen molar-refractivity contribution in [2.24, 2.45) is 0 Å². The Labute approximate surface area is 199 Å². The number of hydrogen-bond acceptors (Lipinski definition) is 4. The fourth-order valence-electron chi connectivity index (χ4n) is 3.86. The number of aromatic amines is 1. The molecule has 0 bridgehead atoms. The molecule has 1 heterocycles. The summed E-state index contributed by atoms with van der Waals surface area (Å²) in [5, 5.41) is 19.0. The van der Waals surface area contributed by atoms with Gasteiger partial charge in [0.1, 0.15) is 0 Å². The molecule has 0 unspecified atom stereocenters. The maximum absolute atomic E-state index is 11.6. The molecule has 7 heteroatoms. The standard InChI is InChI=1S/C26H45NO6/c1-3-5-7-9-11-13-15-17-19-32-23-21(25(28)29)27-22(26(30)31)24(23)33-20-18-16-14-12-10-8-6-4-2/h27H,3-20H2,1-2H3,(H,28,29)(H,30,31). The number of ether oxygens (including phenoxy) is 2. The molecule has 0 saturated carbocycles. The van der Waals surface area contributed by atoms with Crippen molar-refractivity contribution in [3.8, 4) is 11.5 Å². The van der Waals surface area contributed by atoms with Gasteiger partial charge in [-0.05, 0) is 12.8 Å². The van der Waals surface area contributed by atoms with Crippen LogP contribution in [-0.4, -0.2) is 40.3 Å². The molecule has 3 N–H and O–H groups in total. The molecule has 7 nitrogen and oxygen atoms in total. The molecule has 0 aromatic carbocycles. The molecule has 0 aliphatic rings. The Kier molecular flexibility index (Phi) is 16.0. The summed E-state index contributed by atoms with van der Waals surface area (Å²) in [6, 6.07) is 0. The van der Waals surface area contributed by atoms with E-state index in [4.69, 9.17) is 9.47 Å². The van der Waals surface area contributed by atoms with Crippen LogP contribution in [0, 0.1) is 0 Å². The third kappa shape index (κ3) is 12.0. The third-order valence-corrected chi connectivity index (χ3v) is 5.83. The van der Waals surface area contributed by atoms with Crippen LogP contribution in [0.25, 0.3) is 0 Å². The van der Waals surface area contributed by atoms with Crippen molar-refractivity contribution >= 4 is 11.9 Å². The number of carboxylic acids is 2. The third-order valence-electron chi connectivity index (χ3n) is 5.83. The largest absolute Gasteiger partial charge is 0.487 e. The minimum absolute atomic E-state index is 0.00223. The Morgan fingerprint density at radius 1 is 0.576 bits per heavy atom. The van der Waals surface area contributed by atoms with Gasteiger partial charge in [-0.25, -0.2) is 9.59 Å². The van der Waals surface area contributed by atoms with Crippen molar-refractivity contribution in [2.75, 3.05) is 13.2 Å². The first-order valence-electron chi connectivity index (χ1n) is 13.0. The molecule has 0 atom stereocenters. The number of carboxylic acid groups (broad SMARTS) is 2. The van der Waals surface area contributed by atoms with Gasteiger partial charge in [-0.1, -0.05) is 104 Å². The van der Waals surface area contributed by atoms with Crippen molar-refractivity contribution in [3.63, 3.8) is 0 Å². The van der Waals surface area contributed by atoms with E-state index in [-0.39, 0.29) is 22.9 Å². The lowest BCUT2D eigenvalue weighted by Gasteiger charge is -2.11. The zero-order chi connectivity index (χ0) is 24.3. The number of H-pyrrole nitrogens is 1. The van der Waals surface area contributed by atoms with E-state index in [9.17, 15) is 19.8 Å². The van der Waals surface area contributed by atoms with E-state index in [2.05, 4.69) is 18.8 Å². The van der Waals surface area contributed by atoms with E-state index < -0.39 is 11.9 Å². The maximum atomic E-state index is 11.6. The van der Waals surface area contributed by atoms with Gasteiger partial charge in [-0.2, -0.15) is 0 Å². The first kappa shape index (κ1) is 28.9. The highest BCUT2D eigenvalue weighted by Crippen LogP contribution is 2.36. The average molecular weight is 468 g/mol. The number of unbranched alkanes of at least 4 members (excludes halogenated alkanes) is 14. The lowest BCUT2D eigenvalue weighted by molar-refractivity contribution is 0.0685. The lowest BCUT2D eigenvalue weighted by Crippen LogP contribution is -2.06.